The fourth-order valence-corrected chi connectivity index (χ4v) is 2.19. The molecule has 0 aliphatic heterocycles. The van der Waals surface area contributed by atoms with Crippen LogP contribution in [0.4, 0.5) is 5.69 Å². The summed E-state index contributed by atoms with van der Waals surface area (Å²) >= 11 is 1.80. The second-order valence-corrected chi connectivity index (χ2v) is 4.63. The lowest BCUT2D eigenvalue weighted by atomic mass is 10.2. The lowest BCUT2D eigenvalue weighted by molar-refractivity contribution is 0.763. The fourth-order valence-electron chi connectivity index (χ4n) is 1.49. The fraction of sp³-hybridized carbons (Fsp3) is 0.455. The summed E-state index contributed by atoms with van der Waals surface area (Å²) in [6, 6.07) is 2.16. The molecule has 0 aliphatic rings. The van der Waals surface area contributed by atoms with E-state index in [1.54, 1.807) is 30.2 Å². The van der Waals surface area contributed by atoms with Gasteiger partial charge in [-0.25, -0.2) is 0 Å². The zero-order valence-corrected chi connectivity index (χ0v) is 10.7. The molecule has 0 amide bonds. The third kappa shape index (κ3) is 2.88. The van der Waals surface area contributed by atoms with E-state index >= 15 is 0 Å². The van der Waals surface area contributed by atoms with Crippen LogP contribution < -0.4 is 10.6 Å². The number of pyridine rings is 1. The van der Waals surface area contributed by atoms with Crippen molar-refractivity contribution in [3.05, 3.63) is 24.0 Å². The van der Waals surface area contributed by atoms with Gasteiger partial charge in [-0.15, -0.1) is 0 Å². The van der Waals surface area contributed by atoms with Crippen LogP contribution in [0.15, 0.2) is 18.5 Å². The maximum atomic E-state index is 7.53. The molecule has 0 saturated carbocycles. The molecule has 3 N–H and O–H groups in total. The van der Waals surface area contributed by atoms with Crippen LogP contribution >= 0.6 is 11.8 Å². The molecular formula is C11H18N4S. The van der Waals surface area contributed by atoms with E-state index in [-0.39, 0.29) is 5.84 Å². The molecule has 0 spiro atoms. The smallest absolute Gasteiger partial charge is 0.125 e. The highest BCUT2D eigenvalue weighted by atomic mass is 32.2. The number of anilines is 1. The second-order valence-electron chi connectivity index (χ2n) is 3.72. The lowest BCUT2D eigenvalue weighted by Gasteiger charge is -2.27. The number of hydrogen-bond acceptors (Lipinski definition) is 4. The summed E-state index contributed by atoms with van der Waals surface area (Å²) in [5.74, 6) is 1.11. The molecule has 16 heavy (non-hydrogen) atoms. The number of amidine groups is 1. The van der Waals surface area contributed by atoms with Gasteiger partial charge in [0.05, 0.1) is 11.9 Å². The molecular weight excluding hydrogens is 220 g/mol. The van der Waals surface area contributed by atoms with Crippen LogP contribution in [0.25, 0.3) is 0 Å². The van der Waals surface area contributed by atoms with E-state index in [0.29, 0.717) is 6.04 Å². The molecule has 0 aliphatic carbocycles. The third-order valence-corrected chi connectivity index (χ3v) is 3.35. The molecule has 1 unspecified atom stereocenters. The van der Waals surface area contributed by atoms with Gasteiger partial charge in [0.25, 0.3) is 0 Å². The minimum atomic E-state index is 0.0839. The Morgan fingerprint density at radius 1 is 1.69 bits per heavy atom. The van der Waals surface area contributed by atoms with Gasteiger partial charge in [0, 0.05) is 30.6 Å². The van der Waals surface area contributed by atoms with E-state index in [1.807, 2.05) is 7.05 Å². The Labute approximate surface area is 101 Å². The minimum absolute atomic E-state index is 0.0839. The average molecular weight is 238 g/mol. The van der Waals surface area contributed by atoms with E-state index in [1.165, 1.54) is 0 Å². The van der Waals surface area contributed by atoms with Gasteiger partial charge in [0.1, 0.15) is 5.84 Å². The molecule has 88 valence electrons. The molecule has 1 atom stereocenters. The number of aromatic nitrogens is 1. The molecule has 0 radical (unpaired) electrons. The first-order chi connectivity index (χ1) is 7.57. The Hall–Kier alpha value is -1.23. The highest BCUT2D eigenvalue weighted by Crippen LogP contribution is 2.20. The van der Waals surface area contributed by atoms with E-state index in [9.17, 15) is 0 Å². The van der Waals surface area contributed by atoms with E-state index in [2.05, 4.69) is 23.1 Å². The Kier molecular flexibility index (Phi) is 4.61. The standard InChI is InChI=1S/C11H18N4S/c1-8(7-16-3)15(2)10-6-14-5-4-9(10)11(12)13/h4-6,8H,7H2,1-3H3,(H3,12,13). The number of rotatable bonds is 5. The highest BCUT2D eigenvalue weighted by Gasteiger charge is 2.14. The second kappa shape index (κ2) is 5.75. The number of nitrogens with two attached hydrogens (primary N) is 1. The summed E-state index contributed by atoms with van der Waals surface area (Å²) in [6.45, 7) is 2.15. The van der Waals surface area contributed by atoms with Gasteiger partial charge in [0.15, 0.2) is 0 Å². The van der Waals surface area contributed by atoms with Gasteiger partial charge in [-0.2, -0.15) is 11.8 Å². The van der Waals surface area contributed by atoms with Crippen LogP contribution in [0.5, 0.6) is 0 Å². The van der Waals surface area contributed by atoms with Crippen molar-refractivity contribution in [2.45, 2.75) is 13.0 Å². The van der Waals surface area contributed by atoms with Crippen molar-refractivity contribution in [1.29, 1.82) is 5.41 Å². The van der Waals surface area contributed by atoms with Gasteiger partial charge in [0.2, 0.25) is 0 Å². The Balaban J connectivity index is 2.98. The SMILES string of the molecule is CSCC(C)N(C)c1cnccc1C(=N)N. The summed E-state index contributed by atoms with van der Waals surface area (Å²) in [4.78, 5) is 6.20. The predicted octanol–water partition coefficient (Wildman–Crippen LogP) is 1.55. The first-order valence-electron chi connectivity index (χ1n) is 5.08. The van der Waals surface area contributed by atoms with Gasteiger partial charge < -0.3 is 10.6 Å². The summed E-state index contributed by atoms with van der Waals surface area (Å²) in [5, 5.41) is 7.53. The number of nitrogen functional groups attached to an aromatic ring is 1. The van der Waals surface area contributed by atoms with Crippen molar-refractivity contribution in [3.8, 4) is 0 Å². The first-order valence-corrected chi connectivity index (χ1v) is 6.47. The Morgan fingerprint density at radius 2 is 2.38 bits per heavy atom. The predicted molar refractivity (Wildman–Crippen MR) is 71.5 cm³/mol. The Bertz CT molecular complexity index is 367. The van der Waals surface area contributed by atoms with Crippen LogP contribution in [0, 0.1) is 5.41 Å². The molecule has 4 nitrogen and oxygen atoms in total. The number of nitrogens with zero attached hydrogens (tertiary/aromatic N) is 2. The molecule has 0 aromatic carbocycles. The zero-order chi connectivity index (χ0) is 12.1. The van der Waals surface area contributed by atoms with Crippen LogP contribution in [0.3, 0.4) is 0 Å². The lowest BCUT2D eigenvalue weighted by Crippen LogP contribution is -2.32. The van der Waals surface area contributed by atoms with Crippen molar-refractivity contribution < 1.29 is 0 Å². The van der Waals surface area contributed by atoms with Crippen LogP contribution in [0.2, 0.25) is 0 Å². The molecule has 0 bridgehead atoms. The highest BCUT2D eigenvalue weighted by molar-refractivity contribution is 7.98. The van der Waals surface area contributed by atoms with Gasteiger partial charge in [-0.05, 0) is 19.2 Å². The summed E-state index contributed by atoms with van der Waals surface area (Å²) < 4.78 is 0. The molecule has 1 heterocycles. The maximum Gasteiger partial charge on any atom is 0.125 e. The Morgan fingerprint density at radius 3 is 2.94 bits per heavy atom. The van der Waals surface area contributed by atoms with Crippen LogP contribution in [0.1, 0.15) is 12.5 Å². The van der Waals surface area contributed by atoms with Gasteiger partial charge in [-0.1, -0.05) is 0 Å². The van der Waals surface area contributed by atoms with Crippen molar-refractivity contribution in [2.75, 3.05) is 24.0 Å². The van der Waals surface area contributed by atoms with Gasteiger partial charge >= 0.3 is 0 Å². The van der Waals surface area contributed by atoms with Gasteiger partial charge in [-0.3, -0.25) is 10.4 Å². The first kappa shape index (κ1) is 12.8. The normalized spacial score (nSPS) is 12.2. The summed E-state index contributed by atoms with van der Waals surface area (Å²) in [6.07, 6.45) is 5.50. The molecule has 1 aromatic rings. The minimum Gasteiger partial charge on any atom is -0.384 e. The van der Waals surface area contributed by atoms with Crippen molar-refractivity contribution >= 4 is 23.3 Å². The van der Waals surface area contributed by atoms with Crippen LogP contribution in [-0.2, 0) is 0 Å². The number of thioether (sulfide) groups is 1. The summed E-state index contributed by atoms with van der Waals surface area (Å²) in [5.41, 5.74) is 7.20. The molecule has 0 fully saturated rings. The van der Waals surface area contributed by atoms with Crippen molar-refractivity contribution in [2.24, 2.45) is 5.73 Å². The largest absolute Gasteiger partial charge is 0.384 e. The molecule has 5 heteroatoms. The van der Waals surface area contributed by atoms with E-state index in [0.717, 1.165) is 17.0 Å². The zero-order valence-electron chi connectivity index (χ0n) is 9.90. The molecule has 1 aromatic heterocycles. The maximum absolute atomic E-state index is 7.53. The molecule has 1 rings (SSSR count). The van der Waals surface area contributed by atoms with Crippen molar-refractivity contribution in [3.63, 3.8) is 0 Å². The quantitative estimate of drug-likeness (QED) is 0.603. The number of nitrogens with one attached hydrogen (secondary N) is 1. The average Bonchev–Trinajstić information content (AvgIpc) is 2.28. The summed E-state index contributed by atoms with van der Waals surface area (Å²) in [7, 11) is 2.00. The third-order valence-electron chi connectivity index (χ3n) is 2.54. The number of hydrogen-bond donors (Lipinski definition) is 2. The van der Waals surface area contributed by atoms with Crippen molar-refractivity contribution in [1.82, 2.24) is 4.98 Å². The monoisotopic (exact) mass is 238 g/mol. The molecule has 0 saturated heterocycles. The topological polar surface area (TPSA) is 66.0 Å². The van der Waals surface area contributed by atoms with Crippen LogP contribution in [-0.4, -0.2) is 35.9 Å². The van der Waals surface area contributed by atoms with E-state index in [4.69, 9.17) is 11.1 Å². The van der Waals surface area contributed by atoms with E-state index < -0.39 is 0 Å².